The number of nitrogens with one attached hydrogen (secondary N) is 1. The summed E-state index contributed by atoms with van der Waals surface area (Å²) in [7, 11) is 0. The van der Waals surface area contributed by atoms with E-state index in [1.165, 1.54) is 5.56 Å². The summed E-state index contributed by atoms with van der Waals surface area (Å²) in [5.41, 5.74) is 12.7. The van der Waals surface area contributed by atoms with Gasteiger partial charge in [0, 0.05) is 54.6 Å². The van der Waals surface area contributed by atoms with Gasteiger partial charge in [-0.15, -0.1) is 0 Å². The number of fused-ring (bicyclic) bond motifs is 1. The number of benzene rings is 2. The first-order chi connectivity index (χ1) is 20.5. The van der Waals surface area contributed by atoms with Crippen LogP contribution < -0.4 is 11.1 Å². The van der Waals surface area contributed by atoms with Crippen LogP contribution in [0.3, 0.4) is 0 Å². The summed E-state index contributed by atoms with van der Waals surface area (Å²) in [5.74, 6) is 0.305. The molecule has 2 aromatic carbocycles. The predicted molar refractivity (Wildman–Crippen MR) is 162 cm³/mol. The fourth-order valence-corrected chi connectivity index (χ4v) is 5.58. The van der Waals surface area contributed by atoms with Gasteiger partial charge in [-0.3, -0.25) is 14.7 Å². The van der Waals surface area contributed by atoms with E-state index >= 15 is 0 Å². The maximum absolute atomic E-state index is 11.8. The van der Waals surface area contributed by atoms with E-state index in [4.69, 9.17) is 16.0 Å². The lowest BCUT2D eigenvalue weighted by atomic mass is 9.92. The Kier molecular flexibility index (Phi) is 7.54. The molecule has 42 heavy (non-hydrogen) atoms. The zero-order valence-electron chi connectivity index (χ0n) is 23.3. The lowest BCUT2D eigenvalue weighted by molar-refractivity contribution is 0.0995. The Morgan fingerprint density at radius 2 is 1.79 bits per heavy atom. The van der Waals surface area contributed by atoms with E-state index in [1.54, 1.807) is 24.5 Å². The van der Waals surface area contributed by atoms with E-state index in [1.807, 2.05) is 24.3 Å². The van der Waals surface area contributed by atoms with E-state index in [9.17, 15) is 4.79 Å². The molecule has 9 heteroatoms. The van der Waals surface area contributed by atoms with E-state index < -0.39 is 5.91 Å². The molecule has 1 saturated heterocycles. The van der Waals surface area contributed by atoms with E-state index in [0.29, 0.717) is 17.4 Å². The van der Waals surface area contributed by atoms with Gasteiger partial charge >= 0.3 is 0 Å². The molecule has 5 aromatic rings. The van der Waals surface area contributed by atoms with Crippen molar-refractivity contribution in [2.24, 2.45) is 5.73 Å². The van der Waals surface area contributed by atoms with Crippen molar-refractivity contribution < 1.29 is 4.79 Å². The van der Waals surface area contributed by atoms with Gasteiger partial charge in [0.2, 0.25) is 5.82 Å². The predicted octanol–water partition coefficient (Wildman–Crippen LogP) is 5.11. The van der Waals surface area contributed by atoms with Gasteiger partial charge in [0.15, 0.2) is 0 Å². The average Bonchev–Trinajstić information content (AvgIpc) is 3.02. The number of pyridine rings is 2. The Morgan fingerprint density at radius 1 is 1.02 bits per heavy atom. The molecule has 0 saturated carbocycles. The molecule has 1 aliphatic rings. The molecule has 4 heterocycles. The molecule has 9 nitrogen and oxygen atoms in total. The van der Waals surface area contributed by atoms with Crippen LogP contribution in [0, 0.1) is 18.3 Å². The van der Waals surface area contributed by atoms with Crippen LogP contribution in [0.2, 0.25) is 0 Å². The van der Waals surface area contributed by atoms with Crippen molar-refractivity contribution in [2.75, 3.05) is 18.4 Å². The summed E-state index contributed by atoms with van der Waals surface area (Å²) in [5, 5.41) is 13.4. The molecular weight excluding hydrogens is 524 g/mol. The standard InChI is InChI=1S/C33H30N8O/c1-21-26-19-37-28(33(35)42)17-27(26)39-32(31(21)23-5-3-2-4-6-23)24-9-7-22(8-10-24)20-41-15-12-25(13-16-41)38-29-11-14-36-30(18-34)40-29/h2-11,14,17,19,25H,12-13,15-16,20H2,1H3,(H2,35,42)(H,36,38,40). The number of piperidine rings is 1. The number of anilines is 1. The highest BCUT2D eigenvalue weighted by Gasteiger charge is 2.21. The summed E-state index contributed by atoms with van der Waals surface area (Å²) in [6.07, 6.45) is 5.28. The van der Waals surface area contributed by atoms with Crippen LogP contribution in [0.5, 0.6) is 0 Å². The maximum Gasteiger partial charge on any atom is 0.267 e. The Balaban J connectivity index is 1.21. The highest BCUT2D eigenvalue weighted by Crippen LogP contribution is 2.37. The van der Waals surface area contributed by atoms with Crippen molar-refractivity contribution in [3.05, 3.63) is 102 Å². The topological polar surface area (TPSA) is 134 Å². The van der Waals surface area contributed by atoms with Gasteiger partial charge in [-0.1, -0.05) is 54.6 Å². The first-order valence-corrected chi connectivity index (χ1v) is 14.0. The summed E-state index contributed by atoms with van der Waals surface area (Å²) in [6.45, 7) is 4.87. The molecule has 1 amide bonds. The largest absolute Gasteiger partial charge is 0.367 e. The second kappa shape index (κ2) is 11.7. The van der Waals surface area contributed by atoms with Gasteiger partial charge in [-0.2, -0.15) is 5.26 Å². The molecule has 0 spiro atoms. The van der Waals surface area contributed by atoms with Gasteiger partial charge in [0.05, 0.1) is 11.2 Å². The number of nitrogens with zero attached hydrogens (tertiary/aromatic N) is 6. The first-order valence-electron chi connectivity index (χ1n) is 14.0. The van der Waals surface area contributed by atoms with E-state index in [-0.39, 0.29) is 11.5 Å². The number of rotatable bonds is 7. The van der Waals surface area contributed by atoms with Crippen LogP contribution in [-0.2, 0) is 6.54 Å². The van der Waals surface area contributed by atoms with Gasteiger partial charge in [0.25, 0.3) is 5.91 Å². The minimum Gasteiger partial charge on any atom is -0.367 e. The van der Waals surface area contributed by atoms with Crippen molar-refractivity contribution in [2.45, 2.75) is 32.4 Å². The zero-order valence-corrected chi connectivity index (χ0v) is 23.3. The molecule has 208 valence electrons. The number of nitriles is 1. The molecule has 0 radical (unpaired) electrons. The van der Waals surface area contributed by atoms with Gasteiger partial charge in [-0.05, 0) is 48.6 Å². The normalized spacial score (nSPS) is 14.0. The number of carbonyl (C=O) groups excluding carboxylic acids is 1. The molecule has 3 aromatic heterocycles. The highest BCUT2D eigenvalue weighted by atomic mass is 16.1. The number of primary amides is 1. The van der Waals surface area contributed by atoms with Crippen LogP contribution in [-0.4, -0.2) is 49.9 Å². The van der Waals surface area contributed by atoms with Crippen LogP contribution in [0.25, 0.3) is 33.3 Å². The smallest absolute Gasteiger partial charge is 0.267 e. The quantitative estimate of drug-likeness (QED) is 0.284. The molecule has 6 rings (SSSR count). The monoisotopic (exact) mass is 554 g/mol. The Hall–Kier alpha value is -5.20. The van der Waals surface area contributed by atoms with Crippen molar-refractivity contribution in [1.82, 2.24) is 24.8 Å². The summed E-state index contributed by atoms with van der Waals surface area (Å²) in [4.78, 5) is 31.7. The lowest BCUT2D eigenvalue weighted by Gasteiger charge is -2.32. The Bertz CT molecular complexity index is 1790. The molecule has 3 N–H and O–H groups in total. The second-order valence-corrected chi connectivity index (χ2v) is 10.5. The van der Waals surface area contributed by atoms with Crippen molar-refractivity contribution in [3.63, 3.8) is 0 Å². The van der Waals surface area contributed by atoms with Crippen LogP contribution in [0.1, 0.15) is 40.3 Å². The van der Waals surface area contributed by atoms with Crippen LogP contribution in [0.4, 0.5) is 5.82 Å². The molecular formula is C33H30N8O. The number of hydrogen-bond donors (Lipinski definition) is 2. The molecule has 0 unspecified atom stereocenters. The average molecular weight is 555 g/mol. The molecule has 1 aliphatic heterocycles. The molecule has 1 fully saturated rings. The summed E-state index contributed by atoms with van der Waals surface area (Å²) >= 11 is 0. The third-order valence-electron chi connectivity index (χ3n) is 7.77. The number of carbonyl (C=O) groups is 1. The molecule has 0 bridgehead atoms. The zero-order chi connectivity index (χ0) is 29.1. The van der Waals surface area contributed by atoms with Crippen LogP contribution in [0.15, 0.2) is 79.1 Å². The Morgan fingerprint density at radius 3 is 2.50 bits per heavy atom. The highest BCUT2D eigenvalue weighted by molar-refractivity contribution is 5.99. The second-order valence-electron chi connectivity index (χ2n) is 10.5. The summed E-state index contributed by atoms with van der Waals surface area (Å²) in [6, 6.07) is 24.6. The SMILES string of the molecule is Cc1c(-c2ccccc2)c(-c2ccc(CN3CCC(Nc4ccnc(C#N)n4)CC3)cc2)nc2cc(C(N)=O)ncc12. The van der Waals surface area contributed by atoms with Crippen molar-refractivity contribution >= 4 is 22.6 Å². The van der Waals surface area contributed by atoms with Gasteiger partial charge < -0.3 is 11.1 Å². The van der Waals surface area contributed by atoms with Gasteiger partial charge in [-0.25, -0.2) is 15.0 Å². The number of amides is 1. The minimum atomic E-state index is -0.573. The minimum absolute atomic E-state index is 0.179. The van der Waals surface area contributed by atoms with E-state index in [2.05, 4.69) is 68.5 Å². The lowest BCUT2D eigenvalue weighted by Crippen LogP contribution is -2.38. The first kappa shape index (κ1) is 27.0. The number of hydrogen-bond acceptors (Lipinski definition) is 8. The fraction of sp³-hybridized carbons (Fsp3) is 0.212. The third-order valence-corrected chi connectivity index (χ3v) is 7.77. The molecule has 0 aliphatic carbocycles. The fourth-order valence-electron chi connectivity index (χ4n) is 5.58. The third kappa shape index (κ3) is 5.66. The maximum atomic E-state index is 11.8. The van der Waals surface area contributed by atoms with Crippen molar-refractivity contribution in [3.8, 4) is 28.5 Å². The van der Waals surface area contributed by atoms with E-state index in [0.717, 1.165) is 65.8 Å². The number of likely N-dealkylation sites (tertiary alicyclic amines) is 1. The Labute approximate surface area is 244 Å². The van der Waals surface area contributed by atoms with Crippen LogP contribution >= 0.6 is 0 Å². The summed E-state index contributed by atoms with van der Waals surface area (Å²) < 4.78 is 0. The number of aryl methyl sites for hydroxylation is 1. The number of aromatic nitrogens is 4. The molecule has 0 atom stereocenters. The van der Waals surface area contributed by atoms with Gasteiger partial charge in [0.1, 0.15) is 17.6 Å². The van der Waals surface area contributed by atoms with Crippen molar-refractivity contribution in [1.29, 1.82) is 5.26 Å². The number of nitrogens with two attached hydrogens (primary N) is 1.